The summed E-state index contributed by atoms with van der Waals surface area (Å²) >= 11 is 0. The number of amides is 1. The Morgan fingerprint density at radius 1 is 1.05 bits per heavy atom. The first-order valence-corrected chi connectivity index (χ1v) is 7.04. The molecule has 0 aliphatic heterocycles. The number of hydrogen-bond acceptors (Lipinski definition) is 3. The highest BCUT2D eigenvalue weighted by Gasteiger charge is 2.09. The molecule has 5 nitrogen and oxygen atoms in total. The van der Waals surface area contributed by atoms with Crippen molar-refractivity contribution >= 4 is 16.7 Å². The van der Waals surface area contributed by atoms with Crippen LogP contribution in [0.5, 0.6) is 0 Å². The third-order valence-corrected chi connectivity index (χ3v) is 3.43. The Balaban J connectivity index is 1.72. The van der Waals surface area contributed by atoms with Gasteiger partial charge in [0.2, 0.25) is 0 Å². The maximum atomic E-state index is 12.3. The second kappa shape index (κ2) is 6.22. The Morgan fingerprint density at radius 2 is 1.86 bits per heavy atom. The number of aromatic nitrogens is 2. The fourth-order valence-corrected chi connectivity index (χ4v) is 2.35. The minimum absolute atomic E-state index is 0.152. The molecule has 0 spiro atoms. The van der Waals surface area contributed by atoms with Gasteiger partial charge in [0.1, 0.15) is 0 Å². The van der Waals surface area contributed by atoms with E-state index in [0.29, 0.717) is 18.7 Å². The zero-order chi connectivity index (χ0) is 15.4. The summed E-state index contributed by atoms with van der Waals surface area (Å²) in [6, 6.07) is 16.4. The van der Waals surface area contributed by atoms with Gasteiger partial charge in [-0.05, 0) is 22.9 Å². The maximum Gasteiger partial charge on any atom is 0.266 e. The van der Waals surface area contributed by atoms with Crippen LogP contribution in [0.25, 0.3) is 10.8 Å². The van der Waals surface area contributed by atoms with Crippen molar-refractivity contribution in [1.29, 1.82) is 0 Å². The largest absolute Gasteiger partial charge is 0.350 e. The second-order valence-electron chi connectivity index (χ2n) is 4.87. The summed E-state index contributed by atoms with van der Waals surface area (Å²) in [6.45, 7) is 0.690. The molecule has 5 heteroatoms. The molecule has 0 fully saturated rings. The van der Waals surface area contributed by atoms with Crippen molar-refractivity contribution in [2.45, 2.75) is 6.54 Å². The van der Waals surface area contributed by atoms with E-state index in [1.807, 2.05) is 36.4 Å². The van der Waals surface area contributed by atoms with Gasteiger partial charge in [0.15, 0.2) is 0 Å². The first kappa shape index (κ1) is 14.0. The van der Waals surface area contributed by atoms with Crippen LogP contribution in [0.15, 0.2) is 65.6 Å². The lowest BCUT2D eigenvalue weighted by Crippen LogP contribution is -2.31. The van der Waals surface area contributed by atoms with Crippen LogP contribution < -0.4 is 10.9 Å². The molecule has 1 aromatic heterocycles. The molecule has 0 atom stereocenters. The van der Waals surface area contributed by atoms with E-state index in [9.17, 15) is 9.59 Å². The quantitative estimate of drug-likeness (QED) is 0.798. The van der Waals surface area contributed by atoms with E-state index in [0.717, 1.165) is 10.8 Å². The first-order chi connectivity index (χ1) is 10.8. The Labute approximate surface area is 127 Å². The van der Waals surface area contributed by atoms with Gasteiger partial charge in [-0.15, -0.1) is 0 Å². The van der Waals surface area contributed by atoms with Gasteiger partial charge in [0, 0.05) is 24.4 Å². The highest BCUT2D eigenvalue weighted by atomic mass is 16.1. The fraction of sp³-hybridized carbons (Fsp3) is 0.118. The molecule has 2 aromatic carbocycles. The van der Waals surface area contributed by atoms with E-state index < -0.39 is 0 Å². The zero-order valence-corrected chi connectivity index (χ0v) is 11.9. The molecule has 22 heavy (non-hydrogen) atoms. The van der Waals surface area contributed by atoms with Gasteiger partial charge in [-0.1, -0.05) is 36.4 Å². The number of nitrogens with one attached hydrogen (secondary N) is 1. The maximum absolute atomic E-state index is 12.3. The number of rotatable bonds is 4. The lowest BCUT2D eigenvalue weighted by Gasteiger charge is -2.08. The lowest BCUT2D eigenvalue weighted by molar-refractivity contribution is 0.0953. The number of hydrogen-bond donors (Lipinski definition) is 1. The van der Waals surface area contributed by atoms with Gasteiger partial charge in [0.05, 0.1) is 6.54 Å². The van der Waals surface area contributed by atoms with Gasteiger partial charge >= 0.3 is 0 Å². The summed E-state index contributed by atoms with van der Waals surface area (Å²) in [5.41, 5.74) is 0.452. The molecule has 1 heterocycles. The highest BCUT2D eigenvalue weighted by Crippen LogP contribution is 2.18. The average molecular weight is 293 g/mol. The predicted octanol–water partition coefficient (Wildman–Crippen LogP) is 1.83. The molecule has 0 aliphatic rings. The number of fused-ring (bicyclic) bond motifs is 1. The molecule has 0 radical (unpaired) electrons. The number of carbonyl (C=O) groups is 1. The van der Waals surface area contributed by atoms with Gasteiger partial charge in [-0.2, -0.15) is 5.10 Å². The molecule has 110 valence electrons. The topological polar surface area (TPSA) is 64.0 Å². The van der Waals surface area contributed by atoms with Crippen LogP contribution in [0.4, 0.5) is 0 Å². The van der Waals surface area contributed by atoms with Crippen molar-refractivity contribution in [3.8, 4) is 0 Å². The minimum atomic E-state index is -0.179. The average Bonchev–Trinajstić information content (AvgIpc) is 2.56. The Morgan fingerprint density at radius 3 is 2.73 bits per heavy atom. The van der Waals surface area contributed by atoms with Crippen LogP contribution >= 0.6 is 0 Å². The van der Waals surface area contributed by atoms with E-state index in [2.05, 4.69) is 10.4 Å². The van der Waals surface area contributed by atoms with Crippen LogP contribution in [0.3, 0.4) is 0 Å². The molecular weight excluding hydrogens is 278 g/mol. The summed E-state index contributed by atoms with van der Waals surface area (Å²) < 4.78 is 1.32. The molecule has 3 aromatic rings. The van der Waals surface area contributed by atoms with Gasteiger partial charge < -0.3 is 5.32 Å². The highest BCUT2D eigenvalue weighted by molar-refractivity contribution is 6.06. The van der Waals surface area contributed by atoms with Crippen molar-refractivity contribution in [3.63, 3.8) is 0 Å². The van der Waals surface area contributed by atoms with E-state index in [1.165, 1.54) is 10.7 Å². The van der Waals surface area contributed by atoms with Gasteiger partial charge in [0.25, 0.3) is 11.5 Å². The first-order valence-electron chi connectivity index (χ1n) is 7.04. The molecule has 0 aliphatic carbocycles. The van der Waals surface area contributed by atoms with Crippen molar-refractivity contribution in [2.24, 2.45) is 0 Å². The van der Waals surface area contributed by atoms with Crippen LogP contribution in [0, 0.1) is 0 Å². The van der Waals surface area contributed by atoms with Crippen molar-refractivity contribution in [1.82, 2.24) is 15.1 Å². The second-order valence-corrected chi connectivity index (χ2v) is 4.87. The van der Waals surface area contributed by atoms with E-state index in [1.54, 1.807) is 18.3 Å². The van der Waals surface area contributed by atoms with Crippen LogP contribution in [-0.4, -0.2) is 22.2 Å². The van der Waals surface area contributed by atoms with Gasteiger partial charge in [-0.25, -0.2) is 4.68 Å². The Hall–Kier alpha value is -2.95. The van der Waals surface area contributed by atoms with Crippen LogP contribution in [0.2, 0.25) is 0 Å². The molecular formula is C17H15N3O2. The van der Waals surface area contributed by atoms with Crippen molar-refractivity contribution < 1.29 is 4.79 Å². The summed E-state index contributed by atoms with van der Waals surface area (Å²) in [7, 11) is 0. The summed E-state index contributed by atoms with van der Waals surface area (Å²) in [5, 5.41) is 8.72. The minimum Gasteiger partial charge on any atom is -0.350 e. The molecule has 0 saturated carbocycles. The smallest absolute Gasteiger partial charge is 0.266 e. The third kappa shape index (κ3) is 2.88. The van der Waals surface area contributed by atoms with Crippen LogP contribution in [0.1, 0.15) is 10.4 Å². The summed E-state index contributed by atoms with van der Waals surface area (Å²) in [6.07, 6.45) is 1.55. The molecule has 0 saturated heterocycles. The Kier molecular flexibility index (Phi) is 3.96. The molecule has 1 amide bonds. The number of carbonyl (C=O) groups excluding carboxylic acids is 1. The predicted molar refractivity (Wildman–Crippen MR) is 84.8 cm³/mol. The number of benzene rings is 2. The summed E-state index contributed by atoms with van der Waals surface area (Å²) in [4.78, 5) is 23.8. The van der Waals surface area contributed by atoms with Crippen LogP contribution in [-0.2, 0) is 6.54 Å². The standard InChI is InChI=1S/C17H15N3O2/c21-16-9-4-10-19-20(16)12-11-18-17(22)15-8-3-6-13-5-1-2-7-14(13)15/h1-10H,11-12H2,(H,18,22). The van der Waals surface area contributed by atoms with E-state index in [4.69, 9.17) is 0 Å². The molecule has 0 bridgehead atoms. The molecule has 1 N–H and O–H groups in total. The van der Waals surface area contributed by atoms with Crippen molar-refractivity contribution in [3.05, 3.63) is 76.7 Å². The molecule has 0 unspecified atom stereocenters. The fourth-order valence-electron chi connectivity index (χ4n) is 2.35. The van der Waals surface area contributed by atoms with E-state index >= 15 is 0 Å². The lowest BCUT2D eigenvalue weighted by atomic mass is 10.0. The SMILES string of the molecule is O=C(NCCn1ncccc1=O)c1cccc2ccccc12. The normalized spacial score (nSPS) is 10.5. The Bertz CT molecular complexity index is 865. The van der Waals surface area contributed by atoms with Gasteiger partial charge in [-0.3, -0.25) is 9.59 Å². The molecule has 3 rings (SSSR count). The monoisotopic (exact) mass is 293 g/mol. The number of nitrogens with zero attached hydrogens (tertiary/aromatic N) is 2. The third-order valence-electron chi connectivity index (χ3n) is 3.43. The van der Waals surface area contributed by atoms with E-state index in [-0.39, 0.29) is 11.5 Å². The summed E-state index contributed by atoms with van der Waals surface area (Å²) in [5.74, 6) is -0.152. The van der Waals surface area contributed by atoms with Crippen molar-refractivity contribution in [2.75, 3.05) is 6.54 Å². The zero-order valence-electron chi connectivity index (χ0n) is 11.9.